The largest absolute Gasteiger partial charge is 0.409 e. The Balaban J connectivity index is 2.84. The van der Waals surface area contributed by atoms with Gasteiger partial charge in [0.2, 0.25) is 0 Å². The molecular weight excluding hydrogens is 232 g/mol. The van der Waals surface area contributed by atoms with E-state index in [1.54, 1.807) is 18.2 Å². The monoisotopic (exact) mass is 250 g/mol. The smallest absolute Gasteiger partial charge is 0.319 e. The Kier molecular flexibility index (Phi) is 4.98. The normalized spacial score (nSPS) is 11.1. The quantitative estimate of drug-likeness (QED) is 0.283. The third-order valence-electron chi connectivity index (χ3n) is 2.42. The van der Waals surface area contributed by atoms with Crippen LogP contribution in [0.5, 0.6) is 0 Å². The minimum absolute atomic E-state index is 0.00650. The number of nitrogens with zero attached hydrogens (tertiary/aromatic N) is 1. The average Bonchev–Trinajstić information content (AvgIpc) is 2.38. The summed E-state index contributed by atoms with van der Waals surface area (Å²) in [6.45, 7) is 4.46. The van der Waals surface area contributed by atoms with Crippen molar-refractivity contribution in [3.05, 3.63) is 29.3 Å². The number of anilines is 1. The first kappa shape index (κ1) is 13.8. The zero-order valence-electron chi connectivity index (χ0n) is 10.5. The van der Waals surface area contributed by atoms with E-state index in [9.17, 15) is 4.79 Å². The fourth-order valence-electron chi connectivity index (χ4n) is 1.38. The van der Waals surface area contributed by atoms with Crippen LogP contribution in [0.3, 0.4) is 0 Å². The van der Waals surface area contributed by atoms with E-state index >= 15 is 0 Å². The van der Waals surface area contributed by atoms with Crippen molar-refractivity contribution in [3.63, 3.8) is 0 Å². The van der Waals surface area contributed by atoms with E-state index in [-0.39, 0.29) is 11.9 Å². The second kappa shape index (κ2) is 6.48. The summed E-state index contributed by atoms with van der Waals surface area (Å²) >= 11 is 0. The maximum absolute atomic E-state index is 11.5. The number of rotatable bonds is 4. The van der Waals surface area contributed by atoms with Crippen LogP contribution < -0.4 is 16.4 Å². The van der Waals surface area contributed by atoms with Crippen molar-refractivity contribution in [1.29, 1.82) is 0 Å². The fraction of sp³-hybridized carbons (Fsp3) is 0.333. The number of nitrogens with two attached hydrogens (primary N) is 1. The molecule has 0 radical (unpaired) electrons. The number of benzene rings is 1. The molecule has 0 heterocycles. The van der Waals surface area contributed by atoms with E-state index in [1.807, 2.05) is 13.8 Å². The lowest BCUT2D eigenvalue weighted by Crippen LogP contribution is -2.29. The number of amidine groups is 1. The molecule has 0 saturated heterocycles. The minimum atomic E-state index is -0.267. The number of urea groups is 1. The van der Waals surface area contributed by atoms with Gasteiger partial charge in [-0.2, -0.15) is 0 Å². The summed E-state index contributed by atoms with van der Waals surface area (Å²) in [5, 5.41) is 17.0. The van der Waals surface area contributed by atoms with E-state index < -0.39 is 0 Å². The summed E-state index contributed by atoms with van der Waals surface area (Å²) in [5.41, 5.74) is 7.58. The molecule has 0 spiro atoms. The molecule has 0 aliphatic rings. The van der Waals surface area contributed by atoms with Crippen LogP contribution in [-0.4, -0.2) is 23.6 Å². The number of nitrogens with one attached hydrogen (secondary N) is 2. The van der Waals surface area contributed by atoms with E-state index in [4.69, 9.17) is 10.9 Å². The van der Waals surface area contributed by atoms with Gasteiger partial charge in [-0.3, -0.25) is 0 Å². The molecule has 18 heavy (non-hydrogen) atoms. The van der Waals surface area contributed by atoms with Crippen molar-refractivity contribution in [1.82, 2.24) is 5.32 Å². The van der Waals surface area contributed by atoms with Gasteiger partial charge in [0, 0.05) is 17.8 Å². The van der Waals surface area contributed by atoms with Gasteiger partial charge in [0.1, 0.15) is 0 Å². The topological polar surface area (TPSA) is 99.7 Å². The highest BCUT2D eigenvalue weighted by Gasteiger charge is 2.06. The lowest BCUT2D eigenvalue weighted by molar-refractivity contribution is 0.252. The molecule has 0 unspecified atom stereocenters. The average molecular weight is 250 g/mol. The predicted molar refractivity (Wildman–Crippen MR) is 71.0 cm³/mol. The number of amides is 2. The molecule has 1 rings (SSSR count). The Morgan fingerprint density at radius 3 is 2.83 bits per heavy atom. The van der Waals surface area contributed by atoms with Crippen LogP contribution in [-0.2, 0) is 0 Å². The van der Waals surface area contributed by atoms with Crippen molar-refractivity contribution in [2.45, 2.75) is 20.3 Å². The number of hydrogen-bond acceptors (Lipinski definition) is 3. The highest BCUT2D eigenvalue weighted by molar-refractivity contribution is 5.99. The van der Waals surface area contributed by atoms with E-state index in [0.29, 0.717) is 17.8 Å². The van der Waals surface area contributed by atoms with Gasteiger partial charge in [0.15, 0.2) is 5.84 Å². The van der Waals surface area contributed by atoms with Crippen LogP contribution >= 0.6 is 0 Å². The molecule has 0 bridgehead atoms. The van der Waals surface area contributed by atoms with Gasteiger partial charge in [0.25, 0.3) is 0 Å². The molecule has 0 aromatic heterocycles. The molecule has 0 atom stereocenters. The number of carbonyl (C=O) groups excluding carboxylic acids is 1. The van der Waals surface area contributed by atoms with Crippen LogP contribution in [0.15, 0.2) is 23.4 Å². The van der Waals surface area contributed by atoms with Gasteiger partial charge in [-0.25, -0.2) is 4.79 Å². The van der Waals surface area contributed by atoms with Crippen molar-refractivity contribution >= 4 is 17.6 Å². The van der Waals surface area contributed by atoms with Crippen molar-refractivity contribution < 1.29 is 10.0 Å². The van der Waals surface area contributed by atoms with E-state index in [1.165, 1.54) is 0 Å². The number of hydrogen-bond donors (Lipinski definition) is 4. The lowest BCUT2D eigenvalue weighted by Gasteiger charge is -2.10. The van der Waals surface area contributed by atoms with Gasteiger partial charge >= 0.3 is 6.03 Å². The van der Waals surface area contributed by atoms with Gasteiger partial charge in [-0.15, -0.1) is 0 Å². The lowest BCUT2D eigenvalue weighted by atomic mass is 10.1. The van der Waals surface area contributed by atoms with Crippen molar-refractivity contribution in [2.75, 3.05) is 11.9 Å². The molecule has 0 aliphatic carbocycles. The fourth-order valence-corrected chi connectivity index (χ4v) is 1.38. The predicted octanol–water partition coefficient (Wildman–Crippen LogP) is 1.62. The van der Waals surface area contributed by atoms with Crippen LogP contribution in [0.25, 0.3) is 0 Å². The Labute approximate surface area is 106 Å². The summed E-state index contributed by atoms with van der Waals surface area (Å²) in [5.74, 6) is 0.00650. The highest BCUT2D eigenvalue weighted by atomic mass is 16.4. The Morgan fingerprint density at radius 1 is 1.50 bits per heavy atom. The summed E-state index contributed by atoms with van der Waals surface area (Å²) in [4.78, 5) is 11.5. The van der Waals surface area contributed by atoms with E-state index in [2.05, 4.69) is 15.8 Å². The Morgan fingerprint density at radius 2 is 2.22 bits per heavy atom. The number of oxime groups is 1. The van der Waals surface area contributed by atoms with Gasteiger partial charge in [-0.1, -0.05) is 24.2 Å². The molecule has 0 aliphatic heterocycles. The first-order chi connectivity index (χ1) is 8.58. The molecule has 5 N–H and O–H groups in total. The van der Waals surface area contributed by atoms with Gasteiger partial charge in [-0.05, 0) is 25.0 Å². The first-order valence-corrected chi connectivity index (χ1v) is 5.72. The second-order valence-corrected chi connectivity index (χ2v) is 3.90. The maximum Gasteiger partial charge on any atom is 0.319 e. The molecule has 1 aromatic carbocycles. The standard InChI is InChI=1S/C12H18N4O2/c1-3-6-14-12(17)15-10-7-9(11(13)16-18)5-4-8(10)2/h4-5,7,18H,3,6H2,1-2H3,(H2,13,16)(H2,14,15,17). The maximum atomic E-state index is 11.5. The zero-order valence-corrected chi connectivity index (χ0v) is 10.5. The summed E-state index contributed by atoms with van der Waals surface area (Å²) < 4.78 is 0. The summed E-state index contributed by atoms with van der Waals surface area (Å²) in [6, 6.07) is 4.91. The SMILES string of the molecule is CCCNC(=O)Nc1cc(C(N)=NO)ccc1C. The highest BCUT2D eigenvalue weighted by Crippen LogP contribution is 2.16. The minimum Gasteiger partial charge on any atom is -0.409 e. The van der Waals surface area contributed by atoms with Gasteiger partial charge in [0.05, 0.1) is 0 Å². The van der Waals surface area contributed by atoms with E-state index in [0.717, 1.165) is 12.0 Å². The van der Waals surface area contributed by atoms with Crippen LogP contribution in [0.2, 0.25) is 0 Å². The second-order valence-electron chi connectivity index (χ2n) is 3.90. The van der Waals surface area contributed by atoms with Crippen molar-refractivity contribution in [3.8, 4) is 0 Å². The molecule has 0 fully saturated rings. The molecule has 98 valence electrons. The summed E-state index contributed by atoms with van der Waals surface area (Å²) in [6.07, 6.45) is 0.872. The van der Waals surface area contributed by atoms with Gasteiger partial charge < -0.3 is 21.6 Å². The molecule has 2 amide bonds. The van der Waals surface area contributed by atoms with Crippen molar-refractivity contribution in [2.24, 2.45) is 10.9 Å². The molecular formula is C12H18N4O2. The van der Waals surface area contributed by atoms with Crippen LogP contribution in [0, 0.1) is 6.92 Å². The first-order valence-electron chi connectivity index (χ1n) is 5.72. The molecule has 1 aromatic rings. The Hall–Kier alpha value is -2.24. The molecule has 6 nitrogen and oxygen atoms in total. The Bertz CT molecular complexity index is 457. The third-order valence-corrected chi connectivity index (χ3v) is 2.42. The number of aryl methyl sites for hydroxylation is 1. The number of carbonyl (C=O) groups is 1. The third kappa shape index (κ3) is 3.65. The van der Waals surface area contributed by atoms with Crippen LogP contribution in [0.4, 0.5) is 10.5 Å². The zero-order chi connectivity index (χ0) is 13.5. The summed E-state index contributed by atoms with van der Waals surface area (Å²) in [7, 11) is 0. The van der Waals surface area contributed by atoms with Crippen LogP contribution in [0.1, 0.15) is 24.5 Å². The molecule has 6 heteroatoms. The molecule has 0 saturated carbocycles.